The van der Waals surface area contributed by atoms with Gasteiger partial charge < -0.3 is 10.1 Å². The number of rotatable bonds is 2. The fourth-order valence-electron chi connectivity index (χ4n) is 3.64. The Morgan fingerprint density at radius 3 is 3.12 bits per heavy atom. The minimum Gasteiger partial charge on any atom is -0.487 e. The van der Waals surface area contributed by atoms with Crippen molar-refractivity contribution in [2.45, 2.75) is 51.3 Å². The lowest BCUT2D eigenvalue weighted by Gasteiger charge is -2.37. The van der Waals surface area contributed by atoms with Crippen LogP contribution in [0.25, 0.3) is 0 Å². The van der Waals surface area contributed by atoms with Crippen LogP contribution < -0.4 is 10.1 Å². The van der Waals surface area contributed by atoms with Crippen molar-refractivity contribution in [2.75, 3.05) is 0 Å². The highest BCUT2D eigenvalue weighted by Crippen LogP contribution is 2.40. The second kappa shape index (κ2) is 5.33. The van der Waals surface area contributed by atoms with E-state index in [1.165, 1.54) is 12.1 Å². The number of nitrogens with one attached hydrogen (secondary N) is 1. The van der Waals surface area contributed by atoms with Crippen LogP contribution in [-0.2, 0) is 13.0 Å². The molecule has 2 aliphatic heterocycles. The van der Waals surface area contributed by atoms with E-state index in [4.69, 9.17) is 4.74 Å². The normalized spacial score (nSPS) is 20.9. The molecule has 1 aromatic carbocycles. The van der Waals surface area contributed by atoms with Crippen molar-refractivity contribution in [1.29, 1.82) is 0 Å². The van der Waals surface area contributed by atoms with Gasteiger partial charge in [-0.2, -0.15) is 5.10 Å². The number of hydrogen-bond acceptors (Lipinski definition) is 3. The Morgan fingerprint density at radius 1 is 1.46 bits per heavy atom. The monoisotopic (exact) mass is 329 g/mol. The summed E-state index contributed by atoms with van der Waals surface area (Å²) in [6.45, 7) is 4.75. The zero-order valence-corrected chi connectivity index (χ0v) is 13.8. The first-order valence-electron chi connectivity index (χ1n) is 8.27. The van der Waals surface area contributed by atoms with Crippen molar-refractivity contribution < 1.29 is 13.9 Å². The highest BCUT2D eigenvalue weighted by Gasteiger charge is 2.35. The molecule has 0 spiro atoms. The molecule has 0 bridgehead atoms. The van der Waals surface area contributed by atoms with E-state index in [1.54, 1.807) is 12.3 Å². The van der Waals surface area contributed by atoms with Gasteiger partial charge in [0.1, 0.15) is 17.2 Å². The number of benzene rings is 1. The molecular formula is C18H20FN3O2. The molecule has 5 nitrogen and oxygen atoms in total. The Balaban J connectivity index is 1.63. The number of aryl methyl sites for hydroxylation is 1. The summed E-state index contributed by atoms with van der Waals surface area (Å²) >= 11 is 0. The Morgan fingerprint density at radius 2 is 2.29 bits per heavy atom. The smallest absolute Gasteiger partial charge is 0.255 e. The predicted octanol–water partition coefficient (Wildman–Crippen LogP) is 3.00. The first-order chi connectivity index (χ1) is 11.4. The van der Waals surface area contributed by atoms with Gasteiger partial charge in [0.05, 0.1) is 23.5 Å². The second-order valence-corrected chi connectivity index (χ2v) is 7.11. The highest BCUT2D eigenvalue weighted by atomic mass is 19.1. The molecule has 2 aromatic rings. The van der Waals surface area contributed by atoms with Crippen LogP contribution in [0.2, 0.25) is 0 Å². The molecule has 0 aliphatic carbocycles. The third kappa shape index (κ3) is 2.56. The van der Waals surface area contributed by atoms with Crippen LogP contribution in [0.15, 0.2) is 24.4 Å². The summed E-state index contributed by atoms with van der Waals surface area (Å²) in [5, 5.41) is 7.36. The molecule has 0 saturated carbocycles. The van der Waals surface area contributed by atoms with Crippen molar-refractivity contribution in [1.82, 2.24) is 15.1 Å². The molecule has 2 aliphatic rings. The first-order valence-corrected chi connectivity index (χ1v) is 8.27. The molecule has 1 unspecified atom stereocenters. The average Bonchev–Trinajstić information content (AvgIpc) is 3.07. The quantitative estimate of drug-likeness (QED) is 0.921. The average molecular weight is 329 g/mol. The summed E-state index contributed by atoms with van der Waals surface area (Å²) < 4.78 is 21.3. The number of amides is 1. The van der Waals surface area contributed by atoms with Gasteiger partial charge in [-0.1, -0.05) is 6.07 Å². The number of ether oxygens (including phenoxy) is 1. The molecule has 24 heavy (non-hydrogen) atoms. The number of hydrogen-bond donors (Lipinski definition) is 1. The highest BCUT2D eigenvalue weighted by molar-refractivity contribution is 5.95. The summed E-state index contributed by atoms with van der Waals surface area (Å²) in [4.78, 5) is 12.7. The summed E-state index contributed by atoms with van der Waals surface area (Å²) in [6.07, 6.45) is 4.17. The topological polar surface area (TPSA) is 56.2 Å². The molecular weight excluding hydrogens is 309 g/mol. The van der Waals surface area contributed by atoms with Crippen LogP contribution in [0.4, 0.5) is 4.39 Å². The van der Waals surface area contributed by atoms with E-state index in [0.717, 1.165) is 30.6 Å². The number of nitrogens with zero attached hydrogens (tertiary/aromatic N) is 2. The molecule has 1 aromatic heterocycles. The summed E-state index contributed by atoms with van der Waals surface area (Å²) in [5.74, 6) is 0.0268. The zero-order valence-electron chi connectivity index (χ0n) is 13.8. The van der Waals surface area contributed by atoms with E-state index in [9.17, 15) is 9.18 Å². The molecule has 0 fully saturated rings. The van der Waals surface area contributed by atoms with Crippen LogP contribution in [0.5, 0.6) is 5.75 Å². The van der Waals surface area contributed by atoms with Gasteiger partial charge in [-0.3, -0.25) is 9.48 Å². The maximum atomic E-state index is 13.5. The van der Waals surface area contributed by atoms with E-state index in [1.807, 2.05) is 18.5 Å². The number of aromatic nitrogens is 2. The fourth-order valence-corrected chi connectivity index (χ4v) is 3.64. The second-order valence-electron chi connectivity index (χ2n) is 7.11. The van der Waals surface area contributed by atoms with Gasteiger partial charge in [0, 0.05) is 24.6 Å². The maximum Gasteiger partial charge on any atom is 0.255 e. The largest absolute Gasteiger partial charge is 0.487 e. The van der Waals surface area contributed by atoms with E-state index in [0.29, 0.717) is 17.7 Å². The standard InChI is InChI=1S/C18H20FN3O2/c1-18(2)9-14(12-6-5-11(19)8-16(12)24-18)21-17(23)13-10-20-22-7-3-4-15(13)22/h5-6,8,10,14H,3-4,7,9H2,1-2H3,(H,21,23). The van der Waals surface area contributed by atoms with Crippen molar-refractivity contribution in [3.63, 3.8) is 0 Å². The predicted molar refractivity (Wildman–Crippen MR) is 86.5 cm³/mol. The van der Waals surface area contributed by atoms with Gasteiger partial charge in [-0.25, -0.2) is 4.39 Å². The molecule has 0 saturated heterocycles. The van der Waals surface area contributed by atoms with Gasteiger partial charge in [-0.05, 0) is 32.8 Å². The van der Waals surface area contributed by atoms with Gasteiger partial charge >= 0.3 is 0 Å². The van der Waals surface area contributed by atoms with Crippen LogP contribution >= 0.6 is 0 Å². The lowest BCUT2D eigenvalue weighted by Crippen LogP contribution is -2.41. The third-order valence-electron chi connectivity index (χ3n) is 4.72. The van der Waals surface area contributed by atoms with E-state index < -0.39 is 5.60 Å². The molecule has 3 heterocycles. The summed E-state index contributed by atoms with van der Waals surface area (Å²) in [5.41, 5.74) is 1.98. The SMILES string of the molecule is CC1(C)CC(NC(=O)c2cnn3c2CCC3)c2ccc(F)cc2O1. The van der Waals surface area contributed by atoms with Crippen molar-refractivity contribution in [2.24, 2.45) is 0 Å². The van der Waals surface area contributed by atoms with Crippen molar-refractivity contribution >= 4 is 5.91 Å². The third-order valence-corrected chi connectivity index (χ3v) is 4.72. The minimum atomic E-state index is -0.473. The number of halogens is 1. The molecule has 1 atom stereocenters. The maximum absolute atomic E-state index is 13.5. The Labute approximate surface area is 139 Å². The first kappa shape index (κ1) is 15.2. The fraction of sp³-hybridized carbons (Fsp3) is 0.444. The van der Waals surface area contributed by atoms with Gasteiger partial charge in [-0.15, -0.1) is 0 Å². The van der Waals surface area contributed by atoms with E-state index >= 15 is 0 Å². The van der Waals surface area contributed by atoms with Crippen LogP contribution in [-0.4, -0.2) is 21.3 Å². The molecule has 4 rings (SSSR count). The van der Waals surface area contributed by atoms with Crippen molar-refractivity contribution in [3.05, 3.63) is 47.0 Å². The van der Waals surface area contributed by atoms with Crippen LogP contribution in [0, 0.1) is 5.82 Å². The Bertz CT molecular complexity index is 813. The number of fused-ring (bicyclic) bond motifs is 2. The van der Waals surface area contributed by atoms with E-state index in [-0.39, 0.29) is 17.8 Å². The van der Waals surface area contributed by atoms with Gasteiger partial charge in [0.2, 0.25) is 0 Å². The van der Waals surface area contributed by atoms with Crippen LogP contribution in [0.3, 0.4) is 0 Å². The molecule has 6 heteroatoms. The molecule has 1 N–H and O–H groups in total. The van der Waals surface area contributed by atoms with Crippen LogP contribution in [0.1, 0.15) is 54.3 Å². The molecule has 1 amide bonds. The Hall–Kier alpha value is -2.37. The lowest BCUT2D eigenvalue weighted by atomic mass is 9.89. The summed E-state index contributed by atoms with van der Waals surface area (Å²) in [6, 6.07) is 4.26. The van der Waals surface area contributed by atoms with Gasteiger partial charge in [0.15, 0.2) is 0 Å². The minimum absolute atomic E-state index is 0.129. The lowest BCUT2D eigenvalue weighted by molar-refractivity contribution is 0.0616. The van der Waals surface area contributed by atoms with E-state index in [2.05, 4.69) is 10.4 Å². The number of carbonyl (C=O) groups is 1. The zero-order chi connectivity index (χ0) is 16.9. The molecule has 0 radical (unpaired) electrons. The van der Waals surface area contributed by atoms with Crippen molar-refractivity contribution in [3.8, 4) is 5.75 Å². The molecule has 126 valence electrons. The number of carbonyl (C=O) groups excluding carboxylic acids is 1. The Kier molecular flexibility index (Phi) is 3.37. The summed E-state index contributed by atoms with van der Waals surface area (Å²) in [7, 11) is 0. The van der Waals surface area contributed by atoms with Gasteiger partial charge in [0.25, 0.3) is 5.91 Å².